The lowest BCUT2D eigenvalue weighted by Gasteiger charge is -2.38. The Bertz CT molecular complexity index is 1160. The number of rotatable bonds is 11. The lowest BCUT2D eigenvalue weighted by molar-refractivity contribution is -0.137. The number of piperidine rings is 1. The molecule has 0 amide bonds. The number of halogens is 3. The smallest absolute Gasteiger partial charge is 0.416 e. The molecule has 1 N–H and O–H groups in total. The van der Waals surface area contributed by atoms with Gasteiger partial charge in [-0.1, -0.05) is 6.07 Å². The van der Waals surface area contributed by atoms with Gasteiger partial charge in [0.15, 0.2) is 0 Å². The molecule has 2 aromatic carbocycles. The van der Waals surface area contributed by atoms with Crippen molar-refractivity contribution in [2.75, 3.05) is 39.1 Å². The molecule has 0 spiro atoms. The number of aliphatic hydroxyl groups is 1. The molecule has 8 heteroatoms. The molecule has 1 fully saturated rings. The summed E-state index contributed by atoms with van der Waals surface area (Å²) < 4.78 is 44.1. The molecule has 2 atom stereocenters. The van der Waals surface area contributed by atoms with E-state index < -0.39 is 11.7 Å². The van der Waals surface area contributed by atoms with Gasteiger partial charge in [-0.05, 0) is 111 Å². The number of methoxy groups -OCH3 is 1. The number of benzene rings is 2. The number of pyridine rings is 1. The summed E-state index contributed by atoms with van der Waals surface area (Å²) in [5, 5.41) is 11.2. The van der Waals surface area contributed by atoms with Crippen LogP contribution in [0.25, 0.3) is 10.9 Å². The number of fused-ring (bicyclic) bond motifs is 1. The summed E-state index contributed by atoms with van der Waals surface area (Å²) in [4.78, 5) is 7.52. The monoisotopic (exact) mass is 532 g/mol. The van der Waals surface area contributed by atoms with Gasteiger partial charge < -0.3 is 14.7 Å². The van der Waals surface area contributed by atoms with E-state index in [-0.39, 0.29) is 12.5 Å². The Morgan fingerprint density at radius 2 is 1.97 bits per heavy atom. The molecule has 200 valence electrons. The Labute approximate surface area is 221 Å². The number of thioether (sulfide) groups is 1. The number of aryl methyl sites for hydroxylation is 1. The summed E-state index contributed by atoms with van der Waals surface area (Å²) in [5.41, 5.74) is 1.66. The molecule has 1 saturated heterocycles. The Balaban J connectivity index is 1.21. The fraction of sp³-hybridized carbons (Fsp3) is 0.483. The average molecular weight is 533 g/mol. The SMILES string of the molecule is COc1ccc2nccc(CCC[C@@H]3CCN(CCCSc4cccc(C(F)(F)F)c4)C[C@@H]3CO)c2c1. The van der Waals surface area contributed by atoms with E-state index in [0.29, 0.717) is 10.8 Å². The normalized spacial score (nSPS) is 18.8. The molecule has 0 unspecified atom stereocenters. The third kappa shape index (κ3) is 7.62. The van der Waals surface area contributed by atoms with Gasteiger partial charge in [-0.2, -0.15) is 13.2 Å². The molecule has 0 radical (unpaired) electrons. The summed E-state index contributed by atoms with van der Waals surface area (Å²) in [6.45, 7) is 2.98. The Morgan fingerprint density at radius 3 is 2.76 bits per heavy atom. The largest absolute Gasteiger partial charge is 0.497 e. The Hall–Kier alpha value is -2.29. The molecule has 37 heavy (non-hydrogen) atoms. The van der Waals surface area contributed by atoms with Gasteiger partial charge in [0.2, 0.25) is 0 Å². The maximum atomic E-state index is 12.9. The van der Waals surface area contributed by atoms with Crippen molar-refractivity contribution in [1.82, 2.24) is 9.88 Å². The van der Waals surface area contributed by atoms with E-state index in [0.717, 1.165) is 80.2 Å². The molecule has 0 saturated carbocycles. The van der Waals surface area contributed by atoms with Gasteiger partial charge in [0.1, 0.15) is 5.75 Å². The van der Waals surface area contributed by atoms with Gasteiger partial charge in [-0.3, -0.25) is 4.98 Å². The van der Waals surface area contributed by atoms with Crippen LogP contribution in [0.2, 0.25) is 0 Å². The van der Waals surface area contributed by atoms with Crippen molar-refractivity contribution < 1.29 is 23.0 Å². The third-order valence-corrected chi connectivity index (χ3v) is 8.40. The summed E-state index contributed by atoms with van der Waals surface area (Å²) in [6.07, 6.45) is 2.64. The molecule has 3 aromatic rings. The predicted octanol–water partition coefficient (Wildman–Crippen LogP) is 6.70. The van der Waals surface area contributed by atoms with E-state index in [4.69, 9.17) is 4.74 Å². The van der Waals surface area contributed by atoms with Crippen LogP contribution in [-0.2, 0) is 12.6 Å². The second-order valence-corrected chi connectivity index (χ2v) is 10.9. The topological polar surface area (TPSA) is 45.6 Å². The van der Waals surface area contributed by atoms with Crippen LogP contribution in [0, 0.1) is 11.8 Å². The number of hydrogen-bond donors (Lipinski definition) is 1. The minimum Gasteiger partial charge on any atom is -0.497 e. The van der Waals surface area contributed by atoms with E-state index in [1.54, 1.807) is 13.2 Å². The summed E-state index contributed by atoms with van der Waals surface area (Å²) in [6, 6.07) is 13.6. The van der Waals surface area contributed by atoms with Gasteiger partial charge in [-0.25, -0.2) is 0 Å². The fourth-order valence-electron chi connectivity index (χ4n) is 5.27. The van der Waals surface area contributed by atoms with Crippen LogP contribution in [0.3, 0.4) is 0 Å². The zero-order valence-electron chi connectivity index (χ0n) is 21.2. The molecule has 1 aliphatic heterocycles. The second kappa shape index (κ2) is 13.0. The third-order valence-electron chi connectivity index (χ3n) is 7.32. The summed E-state index contributed by atoms with van der Waals surface area (Å²) >= 11 is 1.47. The molecule has 0 aliphatic carbocycles. The van der Waals surface area contributed by atoms with Crippen LogP contribution >= 0.6 is 11.8 Å². The number of likely N-dealkylation sites (tertiary alicyclic amines) is 1. The van der Waals surface area contributed by atoms with Crippen LogP contribution in [0.1, 0.15) is 36.8 Å². The maximum absolute atomic E-state index is 12.9. The maximum Gasteiger partial charge on any atom is 0.416 e. The predicted molar refractivity (Wildman–Crippen MR) is 143 cm³/mol. The number of nitrogens with zero attached hydrogens (tertiary/aromatic N) is 2. The Kier molecular flexibility index (Phi) is 9.73. The number of aliphatic hydroxyl groups excluding tert-OH is 1. The van der Waals surface area contributed by atoms with Crippen molar-refractivity contribution in [2.45, 2.75) is 43.2 Å². The molecule has 4 rings (SSSR count). The molecule has 4 nitrogen and oxygen atoms in total. The minimum absolute atomic E-state index is 0.190. The van der Waals surface area contributed by atoms with Crippen LogP contribution in [-0.4, -0.2) is 54.1 Å². The first kappa shape index (κ1) is 27.7. The highest BCUT2D eigenvalue weighted by Crippen LogP contribution is 2.33. The van der Waals surface area contributed by atoms with Crippen molar-refractivity contribution in [3.8, 4) is 5.75 Å². The first-order chi connectivity index (χ1) is 17.9. The number of alkyl halides is 3. The quantitative estimate of drug-likeness (QED) is 0.220. The van der Waals surface area contributed by atoms with E-state index in [2.05, 4.69) is 22.0 Å². The molecule has 1 aliphatic rings. The van der Waals surface area contributed by atoms with Gasteiger partial charge in [0, 0.05) is 29.6 Å². The van der Waals surface area contributed by atoms with Crippen molar-refractivity contribution in [1.29, 1.82) is 0 Å². The van der Waals surface area contributed by atoms with Crippen molar-refractivity contribution >= 4 is 22.7 Å². The van der Waals surface area contributed by atoms with Crippen molar-refractivity contribution in [3.63, 3.8) is 0 Å². The number of hydrogen-bond acceptors (Lipinski definition) is 5. The highest BCUT2D eigenvalue weighted by molar-refractivity contribution is 7.99. The van der Waals surface area contributed by atoms with Crippen LogP contribution < -0.4 is 4.74 Å². The van der Waals surface area contributed by atoms with Gasteiger partial charge in [0.25, 0.3) is 0 Å². The standard InChI is InChI=1S/C29H35F3N2O2S/c1-36-25-9-10-28-27(18-25)22(11-13-33-28)6-2-5-21-12-15-34(19-23(21)20-35)14-4-16-37-26-8-3-7-24(17-26)29(30,31)32/h3,7-11,13,17-18,21,23,35H,2,4-6,12,14-16,19-20H2,1H3/t21-,23-/m1/s1. The van der Waals surface area contributed by atoms with E-state index >= 15 is 0 Å². The van der Waals surface area contributed by atoms with Crippen LogP contribution in [0.15, 0.2) is 59.6 Å². The van der Waals surface area contributed by atoms with Gasteiger partial charge in [-0.15, -0.1) is 11.8 Å². The first-order valence-corrected chi connectivity index (χ1v) is 13.9. The zero-order valence-corrected chi connectivity index (χ0v) is 22.0. The Morgan fingerprint density at radius 1 is 1.11 bits per heavy atom. The van der Waals surface area contributed by atoms with E-state index in [1.807, 2.05) is 18.3 Å². The molecule has 2 heterocycles. The average Bonchev–Trinajstić information content (AvgIpc) is 2.91. The van der Waals surface area contributed by atoms with Crippen molar-refractivity contribution in [3.05, 3.63) is 65.9 Å². The first-order valence-electron chi connectivity index (χ1n) is 12.9. The summed E-state index contributed by atoms with van der Waals surface area (Å²) in [5.74, 6) is 2.38. The van der Waals surface area contributed by atoms with Crippen LogP contribution in [0.4, 0.5) is 13.2 Å². The highest BCUT2D eigenvalue weighted by Gasteiger charge is 2.30. The second-order valence-electron chi connectivity index (χ2n) is 9.77. The number of aromatic nitrogens is 1. The zero-order chi connectivity index (χ0) is 26.3. The molecule has 0 bridgehead atoms. The van der Waals surface area contributed by atoms with Gasteiger partial charge >= 0.3 is 6.18 Å². The minimum atomic E-state index is -4.31. The molecule has 1 aromatic heterocycles. The van der Waals surface area contributed by atoms with E-state index in [9.17, 15) is 18.3 Å². The number of ether oxygens (including phenoxy) is 1. The molecular formula is C29H35F3N2O2S. The molecular weight excluding hydrogens is 497 g/mol. The summed E-state index contributed by atoms with van der Waals surface area (Å²) in [7, 11) is 1.67. The highest BCUT2D eigenvalue weighted by atomic mass is 32.2. The van der Waals surface area contributed by atoms with E-state index in [1.165, 1.54) is 29.5 Å². The lowest BCUT2D eigenvalue weighted by Crippen LogP contribution is -2.42. The van der Waals surface area contributed by atoms with Crippen molar-refractivity contribution in [2.24, 2.45) is 11.8 Å². The van der Waals surface area contributed by atoms with Gasteiger partial charge in [0.05, 0.1) is 18.2 Å². The lowest BCUT2D eigenvalue weighted by atomic mass is 9.82. The fourth-order valence-corrected chi connectivity index (χ4v) is 6.16. The van der Waals surface area contributed by atoms with Crippen LogP contribution in [0.5, 0.6) is 5.75 Å².